The molecule has 4 heteroatoms. The van der Waals surface area contributed by atoms with Gasteiger partial charge in [-0.3, -0.25) is 4.90 Å². The number of nitrogens with zero attached hydrogens (tertiary/aromatic N) is 2. The van der Waals surface area contributed by atoms with E-state index in [1.54, 1.807) is 0 Å². The van der Waals surface area contributed by atoms with E-state index in [0.29, 0.717) is 0 Å². The van der Waals surface area contributed by atoms with E-state index < -0.39 is 0 Å². The lowest BCUT2D eigenvalue weighted by Crippen LogP contribution is -2.47. The van der Waals surface area contributed by atoms with Gasteiger partial charge < -0.3 is 14.4 Å². The average molecular weight is 186 g/mol. The van der Waals surface area contributed by atoms with Crippen LogP contribution < -0.4 is 0 Å². The van der Waals surface area contributed by atoms with Gasteiger partial charge >= 0.3 is 0 Å². The minimum absolute atomic E-state index is 0.0309. The third-order valence-electron chi connectivity index (χ3n) is 2.69. The van der Waals surface area contributed by atoms with Crippen molar-refractivity contribution in [3.8, 4) is 0 Å². The standard InChI is InChI=1S/C9H18N2O2/c1-10-2-4-11(5-3-10)8-9-12-6-7-13-9/h9H,2-8H2,1H3. The molecule has 2 aliphatic rings. The van der Waals surface area contributed by atoms with Gasteiger partial charge in [0.1, 0.15) is 0 Å². The van der Waals surface area contributed by atoms with E-state index in [-0.39, 0.29) is 6.29 Å². The van der Waals surface area contributed by atoms with Crippen LogP contribution in [0.5, 0.6) is 0 Å². The van der Waals surface area contributed by atoms with Crippen LogP contribution in [0.4, 0.5) is 0 Å². The van der Waals surface area contributed by atoms with Crippen LogP contribution in [-0.4, -0.2) is 69.1 Å². The van der Waals surface area contributed by atoms with Gasteiger partial charge in [-0.1, -0.05) is 0 Å². The average Bonchev–Trinajstić information content (AvgIpc) is 2.62. The molecule has 0 amide bonds. The maximum atomic E-state index is 5.41. The maximum absolute atomic E-state index is 5.41. The van der Waals surface area contributed by atoms with Crippen LogP contribution in [0.15, 0.2) is 0 Å². The van der Waals surface area contributed by atoms with Crippen molar-refractivity contribution in [3.63, 3.8) is 0 Å². The van der Waals surface area contributed by atoms with Crippen LogP contribution >= 0.6 is 0 Å². The van der Waals surface area contributed by atoms with Gasteiger partial charge in [0.05, 0.1) is 13.2 Å². The second-order valence-corrected chi connectivity index (χ2v) is 3.78. The molecule has 0 aliphatic carbocycles. The van der Waals surface area contributed by atoms with E-state index in [4.69, 9.17) is 9.47 Å². The summed E-state index contributed by atoms with van der Waals surface area (Å²) in [6, 6.07) is 0. The van der Waals surface area contributed by atoms with Crippen molar-refractivity contribution < 1.29 is 9.47 Å². The Bertz CT molecular complexity index is 152. The molecule has 0 aromatic rings. The van der Waals surface area contributed by atoms with Crippen molar-refractivity contribution in [2.45, 2.75) is 6.29 Å². The number of hydrogen-bond donors (Lipinski definition) is 0. The third kappa shape index (κ3) is 2.64. The normalized spacial score (nSPS) is 28.4. The maximum Gasteiger partial charge on any atom is 0.170 e. The Morgan fingerprint density at radius 3 is 2.31 bits per heavy atom. The molecule has 0 N–H and O–H groups in total. The van der Waals surface area contributed by atoms with Crippen molar-refractivity contribution in [1.82, 2.24) is 9.80 Å². The molecule has 4 nitrogen and oxygen atoms in total. The Hall–Kier alpha value is -0.160. The summed E-state index contributed by atoms with van der Waals surface area (Å²) in [7, 11) is 2.17. The van der Waals surface area contributed by atoms with Gasteiger partial charge in [0, 0.05) is 32.7 Å². The Labute approximate surface area is 79.4 Å². The van der Waals surface area contributed by atoms with Gasteiger partial charge in [0.25, 0.3) is 0 Å². The summed E-state index contributed by atoms with van der Waals surface area (Å²) in [5.41, 5.74) is 0. The van der Waals surface area contributed by atoms with Gasteiger partial charge in [0.15, 0.2) is 6.29 Å². The van der Waals surface area contributed by atoms with Crippen LogP contribution in [0.25, 0.3) is 0 Å². The predicted molar refractivity (Wildman–Crippen MR) is 49.6 cm³/mol. The summed E-state index contributed by atoms with van der Waals surface area (Å²) in [5.74, 6) is 0. The monoisotopic (exact) mass is 186 g/mol. The highest BCUT2D eigenvalue weighted by molar-refractivity contribution is 4.70. The van der Waals surface area contributed by atoms with Crippen LogP contribution in [0.3, 0.4) is 0 Å². The second-order valence-electron chi connectivity index (χ2n) is 3.78. The lowest BCUT2D eigenvalue weighted by molar-refractivity contribution is -0.0667. The summed E-state index contributed by atoms with van der Waals surface area (Å²) < 4.78 is 10.8. The van der Waals surface area contributed by atoms with Gasteiger partial charge in [-0.25, -0.2) is 0 Å². The molecule has 0 radical (unpaired) electrons. The van der Waals surface area contributed by atoms with E-state index >= 15 is 0 Å². The van der Waals surface area contributed by atoms with Gasteiger partial charge in [-0.2, -0.15) is 0 Å². The minimum atomic E-state index is 0.0309. The Morgan fingerprint density at radius 1 is 1.08 bits per heavy atom. The molecule has 0 saturated carbocycles. The van der Waals surface area contributed by atoms with Crippen LogP contribution in [-0.2, 0) is 9.47 Å². The summed E-state index contributed by atoms with van der Waals surface area (Å²) in [5, 5.41) is 0. The number of ether oxygens (including phenoxy) is 2. The fourth-order valence-corrected chi connectivity index (χ4v) is 1.75. The van der Waals surface area contributed by atoms with E-state index in [9.17, 15) is 0 Å². The molecule has 13 heavy (non-hydrogen) atoms. The zero-order valence-corrected chi connectivity index (χ0v) is 8.24. The van der Waals surface area contributed by atoms with Crippen molar-refractivity contribution in [2.75, 3.05) is 53.0 Å². The van der Waals surface area contributed by atoms with Crippen molar-refractivity contribution >= 4 is 0 Å². The fourth-order valence-electron chi connectivity index (χ4n) is 1.75. The van der Waals surface area contributed by atoms with Crippen molar-refractivity contribution in [2.24, 2.45) is 0 Å². The highest BCUT2D eigenvalue weighted by Gasteiger charge is 2.21. The van der Waals surface area contributed by atoms with Crippen molar-refractivity contribution in [1.29, 1.82) is 0 Å². The molecule has 0 spiro atoms. The van der Waals surface area contributed by atoms with Gasteiger partial charge in [0.2, 0.25) is 0 Å². The molecule has 76 valence electrons. The van der Waals surface area contributed by atoms with Crippen LogP contribution in [0.1, 0.15) is 0 Å². The molecule has 2 fully saturated rings. The predicted octanol–water partition coefficient (Wildman–Crippen LogP) is -0.393. The topological polar surface area (TPSA) is 24.9 Å². The molecule has 0 aromatic carbocycles. The lowest BCUT2D eigenvalue weighted by atomic mass is 10.3. The number of hydrogen-bond acceptors (Lipinski definition) is 4. The Balaban J connectivity index is 1.69. The minimum Gasteiger partial charge on any atom is -0.349 e. The highest BCUT2D eigenvalue weighted by Crippen LogP contribution is 2.07. The van der Waals surface area contributed by atoms with Crippen LogP contribution in [0.2, 0.25) is 0 Å². The molecule has 0 atom stereocenters. The van der Waals surface area contributed by atoms with E-state index in [2.05, 4.69) is 16.8 Å². The molecule has 2 saturated heterocycles. The summed E-state index contributed by atoms with van der Waals surface area (Å²) in [6.45, 7) is 7.06. The first kappa shape index (κ1) is 9.40. The van der Waals surface area contributed by atoms with Crippen molar-refractivity contribution in [3.05, 3.63) is 0 Å². The molecule has 2 rings (SSSR count). The van der Waals surface area contributed by atoms with E-state index in [1.165, 1.54) is 0 Å². The largest absolute Gasteiger partial charge is 0.349 e. The molecule has 0 aromatic heterocycles. The quantitative estimate of drug-likeness (QED) is 0.586. The smallest absolute Gasteiger partial charge is 0.170 e. The first-order valence-electron chi connectivity index (χ1n) is 4.99. The third-order valence-corrected chi connectivity index (χ3v) is 2.69. The molecule has 2 heterocycles. The summed E-state index contributed by atoms with van der Waals surface area (Å²) in [4.78, 5) is 4.77. The summed E-state index contributed by atoms with van der Waals surface area (Å²) >= 11 is 0. The molecular weight excluding hydrogens is 168 g/mol. The Kier molecular flexibility index (Phi) is 3.16. The summed E-state index contributed by atoms with van der Waals surface area (Å²) in [6.07, 6.45) is 0.0309. The lowest BCUT2D eigenvalue weighted by Gasteiger charge is -2.33. The zero-order valence-electron chi connectivity index (χ0n) is 8.24. The first-order valence-corrected chi connectivity index (χ1v) is 4.99. The van der Waals surface area contributed by atoms with Gasteiger partial charge in [-0.15, -0.1) is 0 Å². The number of rotatable bonds is 2. The number of piperazine rings is 1. The van der Waals surface area contributed by atoms with Crippen LogP contribution in [0, 0.1) is 0 Å². The second kappa shape index (κ2) is 4.37. The van der Waals surface area contributed by atoms with Gasteiger partial charge in [-0.05, 0) is 7.05 Å². The highest BCUT2D eigenvalue weighted by atomic mass is 16.7. The fraction of sp³-hybridized carbons (Fsp3) is 1.00. The SMILES string of the molecule is CN1CCN(CC2OCCO2)CC1. The molecular formula is C9H18N2O2. The van der Waals surface area contributed by atoms with E-state index in [0.717, 1.165) is 45.9 Å². The zero-order chi connectivity index (χ0) is 9.10. The Morgan fingerprint density at radius 2 is 1.69 bits per heavy atom. The first-order chi connectivity index (χ1) is 6.34. The molecule has 0 unspecified atom stereocenters. The molecule has 0 bridgehead atoms. The van der Waals surface area contributed by atoms with E-state index in [1.807, 2.05) is 0 Å². The molecule has 2 aliphatic heterocycles. The number of likely N-dealkylation sites (N-methyl/N-ethyl adjacent to an activating group) is 1.